The molecule has 4 nitrogen and oxygen atoms in total. The van der Waals surface area contributed by atoms with Gasteiger partial charge in [0, 0.05) is 54.8 Å². The van der Waals surface area contributed by atoms with Crippen LogP contribution in [0.5, 0.6) is 0 Å². The Balaban J connectivity index is 0.905. The van der Waals surface area contributed by atoms with Crippen molar-refractivity contribution in [3.63, 3.8) is 0 Å². The summed E-state index contributed by atoms with van der Waals surface area (Å²) < 4.78 is 0. The van der Waals surface area contributed by atoms with E-state index in [1.54, 1.807) is 0 Å². The van der Waals surface area contributed by atoms with Crippen LogP contribution in [0.15, 0.2) is 267 Å². The molecule has 2 aliphatic carbocycles. The molecule has 0 saturated carbocycles. The summed E-state index contributed by atoms with van der Waals surface area (Å²) in [5.74, 6) is 0.646. The lowest BCUT2D eigenvalue weighted by atomic mass is 9.81. The highest BCUT2D eigenvalue weighted by Crippen LogP contribution is 2.52. The predicted molar refractivity (Wildman–Crippen MR) is 349 cm³/mol. The molecule has 4 heteroatoms. The van der Waals surface area contributed by atoms with Crippen molar-refractivity contribution in [2.75, 3.05) is 0 Å². The van der Waals surface area contributed by atoms with Crippen LogP contribution >= 0.6 is 0 Å². The van der Waals surface area contributed by atoms with Gasteiger partial charge < -0.3 is 0 Å². The Kier molecular flexibility index (Phi) is 11.2. The van der Waals surface area contributed by atoms with E-state index >= 15 is 0 Å². The maximum atomic E-state index is 5.71. The molecule has 0 atom stereocenters. The predicted octanol–water partition coefficient (Wildman–Crippen LogP) is 20.7. The number of fused-ring (bicyclic) bond motifs is 9. The molecule has 14 aromatic rings. The van der Waals surface area contributed by atoms with Crippen LogP contribution in [0.2, 0.25) is 0 Å². The number of para-hydroxylation sites is 2. The largest absolute Gasteiger partial charge is 0.248 e. The fraction of sp³-hybridized carbons (Fsp3) is 0.0750. The van der Waals surface area contributed by atoms with E-state index in [1.807, 2.05) is 0 Å². The highest BCUT2D eigenvalue weighted by Gasteiger charge is 2.37. The van der Waals surface area contributed by atoms with E-state index in [1.165, 1.54) is 44.5 Å². The third-order valence-corrected chi connectivity index (χ3v) is 18.1. The molecule has 0 bridgehead atoms. The van der Waals surface area contributed by atoms with Crippen molar-refractivity contribution in [3.05, 3.63) is 289 Å². The molecule has 0 fully saturated rings. The van der Waals surface area contributed by atoms with Crippen molar-refractivity contribution < 1.29 is 0 Å². The summed E-state index contributed by atoms with van der Waals surface area (Å²) in [6, 6.07) is 96.6. The number of nitrogens with zero attached hydrogens (tertiary/aromatic N) is 4. The van der Waals surface area contributed by atoms with E-state index in [2.05, 4.69) is 295 Å². The van der Waals surface area contributed by atoms with Crippen molar-refractivity contribution in [2.45, 2.75) is 38.5 Å². The van der Waals surface area contributed by atoms with Gasteiger partial charge in [0.2, 0.25) is 0 Å². The Hall–Kier alpha value is -10.4. The van der Waals surface area contributed by atoms with E-state index < -0.39 is 0 Å². The topological polar surface area (TPSA) is 51.6 Å². The first-order valence-corrected chi connectivity index (χ1v) is 29.1. The van der Waals surface area contributed by atoms with Crippen molar-refractivity contribution in [1.82, 2.24) is 19.9 Å². The number of aromatic nitrogens is 4. The Labute approximate surface area is 489 Å². The second-order valence-corrected chi connectivity index (χ2v) is 23.7. The maximum absolute atomic E-state index is 5.71. The van der Waals surface area contributed by atoms with Gasteiger partial charge >= 0.3 is 0 Å². The highest BCUT2D eigenvalue weighted by atomic mass is 14.9. The maximum Gasteiger partial charge on any atom is 0.160 e. The fourth-order valence-corrected chi connectivity index (χ4v) is 13.7. The molecule has 16 rings (SSSR count). The first kappa shape index (κ1) is 49.4. The zero-order chi connectivity index (χ0) is 56.3. The molecule has 0 amide bonds. The summed E-state index contributed by atoms with van der Waals surface area (Å²) >= 11 is 0. The van der Waals surface area contributed by atoms with Gasteiger partial charge in [-0.1, -0.05) is 246 Å². The SMILES string of the molecule is CC1(C)c2ccccc2-c2ccc(-c3cc(-c4ccc5c(c4)C(C)(C)c4ccccc4-5)c4nc(-c5ccc(-c6cc(-c7ccccc7)c7ccccc7n6)cc5)nc(-c5ccc(-c6cc(-c7ccccc7)c7ccccc7n6)cc5)c4c3)cc21. The first-order chi connectivity index (χ1) is 41.1. The number of benzene rings is 11. The number of hydrogen-bond acceptors (Lipinski definition) is 4. The molecular weight excluding hydrogens is 1020 g/mol. The molecule has 396 valence electrons. The van der Waals surface area contributed by atoms with Gasteiger partial charge in [-0.3, -0.25) is 0 Å². The van der Waals surface area contributed by atoms with Crippen LogP contribution in [0.1, 0.15) is 49.9 Å². The summed E-state index contributed by atoms with van der Waals surface area (Å²) in [5.41, 5.74) is 28.7. The molecule has 0 N–H and O–H groups in total. The van der Waals surface area contributed by atoms with Crippen molar-refractivity contribution in [3.8, 4) is 112 Å². The van der Waals surface area contributed by atoms with Crippen LogP contribution in [0.4, 0.5) is 0 Å². The zero-order valence-electron chi connectivity index (χ0n) is 47.2. The molecule has 0 radical (unpaired) electrons. The Morgan fingerprint density at radius 2 is 0.667 bits per heavy atom. The van der Waals surface area contributed by atoms with E-state index in [4.69, 9.17) is 19.9 Å². The van der Waals surface area contributed by atoms with E-state index in [0.717, 1.165) is 117 Å². The van der Waals surface area contributed by atoms with Gasteiger partial charge in [-0.05, 0) is 132 Å². The van der Waals surface area contributed by atoms with Gasteiger partial charge in [-0.2, -0.15) is 0 Å². The Bertz CT molecular complexity index is 4980. The van der Waals surface area contributed by atoms with Gasteiger partial charge in [-0.15, -0.1) is 0 Å². The standard InChI is InChI=1S/C80H56N4/c1-79(2)68-27-15-11-23-58(68)60-41-39-55(45-70(60)79)57-43-66(56-40-42-61-59-24-12-16-28-69(59)80(3,4)71(61)46-56)77-67(44-57)76(53-35-31-51(32-36-53)74-47-64(49-19-7-5-8-20-49)62-25-13-17-29-72(62)81-74)83-78(84-77)54-37-33-52(34-38-54)75-48-65(50-21-9-6-10-22-50)63-26-14-18-30-73(63)82-75/h5-48H,1-4H3. The van der Waals surface area contributed by atoms with Crippen LogP contribution in [0.3, 0.4) is 0 Å². The normalized spacial score (nSPS) is 13.4. The second-order valence-electron chi connectivity index (χ2n) is 23.7. The van der Waals surface area contributed by atoms with Gasteiger partial charge in [0.25, 0.3) is 0 Å². The molecule has 11 aromatic carbocycles. The number of rotatable bonds is 8. The average Bonchev–Trinajstić information content (AvgIpc) is 2.29. The summed E-state index contributed by atoms with van der Waals surface area (Å²) in [6.45, 7) is 9.44. The van der Waals surface area contributed by atoms with Gasteiger partial charge in [0.15, 0.2) is 5.82 Å². The molecule has 0 unspecified atom stereocenters. The van der Waals surface area contributed by atoms with Crippen molar-refractivity contribution in [2.24, 2.45) is 0 Å². The average molecular weight is 1070 g/mol. The smallest absolute Gasteiger partial charge is 0.160 e. The minimum atomic E-state index is -0.200. The van der Waals surface area contributed by atoms with Crippen LogP contribution in [-0.4, -0.2) is 19.9 Å². The van der Waals surface area contributed by atoms with E-state index in [9.17, 15) is 0 Å². The molecule has 3 aromatic heterocycles. The van der Waals surface area contributed by atoms with Gasteiger partial charge in [0.05, 0.1) is 33.6 Å². The molecule has 0 saturated heterocycles. The summed E-state index contributed by atoms with van der Waals surface area (Å²) in [4.78, 5) is 21.9. The highest BCUT2D eigenvalue weighted by molar-refractivity contribution is 6.06. The monoisotopic (exact) mass is 1070 g/mol. The minimum Gasteiger partial charge on any atom is -0.248 e. The second kappa shape index (κ2) is 19.1. The zero-order valence-corrected chi connectivity index (χ0v) is 47.2. The van der Waals surface area contributed by atoms with E-state index in [0.29, 0.717) is 5.82 Å². The molecule has 2 aliphatic rings. The van der Waals surface area contributed by atoms with Gasteiger partial charge in [-0.25, -0.2) is 19.9 Å². The Morgan fingerprint density at radius 1 is 0.238 bits per heavy atom. The summed E-state index contributed by atoms with van der Waals surface area (Å²) in [6.07, 6.45) is 0. The molecule has 0 spiro atoms. The first-order valence-electron chi connectivity index (χ1n) is 29.1. The lowest BCUT2D eigenvalue weighted by Crippen LogP contribution is -2.15. The van der Waals surface area contributed by atoms with Crippen molar-refractivity contribution in [1.29, 1.82) is 0 Å². The van der Waals surface area contributed by atoms with Crippen LogP contribution < -0.4 is 0 Å². The van der Waals surface area contributed by atoms with Gasteiger partial charge in [0.1, 0.15) is 0 Å². The quantitative estimate of drug-likeness (QED) is 0.152. The lowest BCUT2D eigenvalue weighted by Gasteiger charge is -2.23. The van der Waals surface area contributed by atoms with Crippen LogP contribution in [-0.2, 0) is 10.8 Å². The number of pyridine rings is 2. The minimum absolute atomic E-state index is 0.168. The summed E-state index contributed by atoms with van der Waals surface area (Å²) in [7, 11) is 0. The summed E-state index contributed by atoms with van der Waals surface area (Å²) in [5, 5.41) is 3.23. The number of hydrogen-bond donors (Lipinski definition) is 0. The molecule has 84 heavy (non-hydrogen) atoms. The van der Waals surface area contributed by atoms with Crippen LogP contribution in [0, 0.1) is 0 Å². The molecule has 3 heterocycles. The molecule has 0 aliphatic heterocycles. The third kappa shape index (κ3) is 7.97. The van der Waals surface area contributed by atoms with Crippen LogP contribution in [0.25, 0.3) is 145 Å². The van der Waals surface area contributed by atoms with Crippen molar-refractivity contribution >= 4 is 32.7 Å². The fourth-order valence-electron chi connectivity index (χ4n) is 13.7. The Morgan fingerprint density at radius 3 is 1.21 bits per heavy atom. The third-order valence-electron chi connectivity index (χ3n) is 18.1. The lowest BCUT2D eigenvalue weighted by molar-refractivity contribution is 0.660. The molecular formula is C80H56N4. The van der Waals surface area contributed by atoms with E-state index in [-0.39, 0.29) is 10.8 Å².